The van der Waals surface area contributed by atoms with E-state index in [1.165, 1.54) is 6.07 Å². The van der Waals surface area contributed by atoms with Gasteiger partial charge < -0.3 is 10.2 Å². The fourth-order valence-electron chi connectivity index (χ4n) is 2.41. The summed E-state index contributed by atoms with van der Waals surface area (Å²) in [5.41, 5.74) is 0.702. The predicted octanol–water partition coefficient (Wildman–Crippen LogP) is 2.61. The summed E-state index contributed by atoms with van der Waals surface area (Å²) in [6, 6.07) is 4.28. The zero-order valence-electron chi connectivity index (χ0n) is 11.9. The largest absolute Gasteiger partial charge is 0.344 e. The van der Waals surface area contributed by atoms with Crippen LogP contribution in [-0.4, -0.2) is 29.3 Å². The van der Waals surface area contributed by atoms with Crippen molar-refractivity contribution in [3.8, 4) is 0 Å². The maximum atomic E-state index is 13.6. The number of rotatable bonds is 4. The molecule has 114 valence electrons. The highest BCUT2D eigenvalue weighted by Gasteiger charge is 2.29. The van der Waals surface area contributed by atoms with Gasteiger partial charge in [0.05, 0.1) is 4.47 Å². The second-order valence-corrected chi connectivity index (χ2v) is 5.92. The molecule has 1 aliphatic rings. The van der Waals surface area contributed by atoms with Gasteiger partial charge in [-0.3, -0.25) is 9.59 Å². The summed E-state index contributed by atoms with van der Waals surface area (Å²) in [6.45, 7) is 2.62. The van der Waals surface area contributed by atoms with Crippen LogP contribution in [0.5, 0.6) is 0 Å². The average Bonchev–Trinajstić information content (AvgIpc) is 2.58. The summed E-state index contributed by atoms with van der Waals surface area (Å²) in [5, 5.41) is 2.76. The Bertz CT molecular complexity index is 550. The lowest BCUT2D eigenvalue weighted by Crippen LogP contribution is -2.44. The Balaban J connectivity index is 2.19. The van der Waals surface area contributed by atoms with Crippen molar-refractivity contribution in [3.63, 3.8) is 0 Å². The normalized spacial score (nSPS) is 19.4. The number of carbonyl (C=O) groups is 2. The van der Waals surface area contributed by atoms with Gasteiger partial charge in [0.15, 0.2) is 0 Å². The maximum Gasteiger partial charge on any atom is 0.245 e. The zero-order chi connectivity index (χ0) is 15.4. The summed E-state index contributed by atoms with van der Waals surface area (Å²) < 4.78 is 13.9. The molecule has 0 aliphatic carbocycles. The quantitative estimate of drug-likeness (QED) is 0.901. The Morgan fingerprint density at radius 2 is 2.19 bits per heavy atom. The summed E-state index contributed by atoms with van der Waals surface area (Å²) >= 11 is 3.21. The molecular formula is C15H18BrFN2O2. The lowest BCUT2D eigenvalue weighted by atomic mass is 10.1. The molecule has 6 heteroatoms. The highest BCUT2D eigenvalue weighted by atomic mass is 79.9. The minimum atomic E-state index is -0.475. The van der Waals surface area contributed by atoms with Crippen LogP contribution in [0, 0.1) is 5.82 Å². The van der Waals surface area contributed by atoms with E-state index in [2.05, 4.69) is 21.2 Å². The third-order valence-corrected chi connectivity index (χ3v) is 4.41. The zero-order valence-corrected chi connectivity index (χ0v) is 13.5. The summed E-state index contributed by atoms with van der Waals surface area (Å²) in [5.74, 6) is -0.560. The van der Waals surface area contributed by atoms with E-state index in [0.29, 0.717) is 29.5 Å². The molecule has 1 N–H and O–H groups in total. The molecule has 1 atom stereocenters. The third kappa shape index (κ3) is 3.81. The lowest BCUT2D eigenvalue weighted by Gasteiger charge is -2.24. The van der Waals surface area contributed by atoms with Crippen LogP contribution in [0.1, 0.15) is 31.7 Å². The van der Waals surface area contributed by atoms with Crippen molar-refractivity contribution >= 4 is 27.7 Å². The van der Waals surface area contributed by atoms with Gasteiger partial charge >= 0.3 is 0 Å². The van der Waals surface area contributed by atoms with Crippen molar-refractivity contribution in [2.24, 2.45) is 0 Å². The molecule has 21 heavy (non-hydrogen) atoms. The molecule has 0 aromatic heterocycles. The Kier molecular flexibility index (Phi) is 5.33. The first-order chi connectivity index (χ1) is 10.0. The van der Waals surface area contributed by atoms with E-state index in [-0.39, 0.29) is 24.1 Å². The van der Waals surface area contributed by atoms with E-state index in [4.69, 9.17) is 0 Å². The predicted molar refractivity (Wildman–Crippen MR) is 81.0 cm³/mol. The van der Waals surface area contributed by atoms with Crippen LogP contribution in [0.2, 0.25) is 0 Å². The number of halogens is 2. The molecule has 0 bridgehead atoms. The molecule has 0 saturated carbocycles. The number of nitrogens with zero attached hydrogens (tertiary/aromatic N) is 1. The van der Waals surface area contributed by atoms with Crippen LogP contribution in [0.4, 0.5) is 4.39 Å². The van der Waals surface area contributed by atoms with Crippen molar-refractivity contribution in [2.75, 3.05) is 6.54 Å². The molecule has 1 heterocycles. The molecule has 0 radical (unpaired) electrons. The number of amides is 2. The summed E-state index contributed by atoms with van der Waals surface area (Å²) in [4.78, 5) is 25.8. The van der Waals surface area contributed by atoms with E-state index in [0.717, 1.165) is 6.42 Å². The van der Waals surface area contributed by atoms with Crippen LogP contribution in [0.25, 0.3) is 0 Å². The first-order valence-electron chi connectivity index (χ1n) is 7.04. The number of carbonyl (C=O) groups excluding carboxylic acids is 2. The molecule has 4 nitrogen and oxygen atoms in total. The number of benzene rings is 1. The minimum Gasteiger partial charge on any atom is -0.344 e. The standard InChI is InChI=1S/C15H18BrFN2O2/c1-2-4-12-15(21)19(8-7-13(20)18-12)9-10-5-3-6-11(17)14(10)16/h3,5-6,12H,2,4,7-9H2,1H3,(H,18,20). The van der Waals surface area contributed by atoms with Crippen LogP contribution in [0.3, 0.4) is 0 Å². The fraction of sp³-hybridized carbons (Fsp3) is 0.467. The molecule has 2 rings (SSSR count). The van der Waals surface area contributed by atoms with E-state index >= 15 is 0 Å². The van der Waals surface area contributed by atoms with Crippen LogP contribution < -0.4 is 5.32 Å². The second-order valence-electron chi connectivity index (χ2n) is 5.13. The summed E-state index contributed by atoms with van der Waals surface area (Å²) in [7, 11) is 0. The Labute approximate surface area is 131 Å². The number of nitrogens with one attached hydrogen (secondary N) is 1. The maximum absolute atomic E-state index is 13.6. The average molecular weight is 357 g/mol. The van der Waals surface area contributed by atoms with Crippen molar-refractivity contribution in [1.82, 2.24) is 10.2 Å². The molecule has 1 fully saturated rings. The highest BCUT2D eigenvalue weighted by Crippen LogP contribution is 2.23. The number of hydrogen-bond acceptors (Lipinski definition) is 2. The van der Waals surface area contributed by atoms with Gasteiger partial charge in [-0.05, 0) is 34.0 Å². The molecule has 1 aliphatic heterocycles. The van der Waals surface area contributed by atoms with Crippen LogP contribution >= 0.6 is 15.9 Å². The molecule has 0 spiro atoms. The van der Waals surface area contributed by atoms with Gasteiger partial charge in [0.25, 0.3) is 0 Å². The van der Waals surface area contributed by atoms with Gasteiger partial charge in [-0.15, -0.1) is 0 Å². The smallest absolute Gasteiger partial charge is 0.245 e. The fourth-order valence-corrected chi connectivity index (χ4v) is 2.80. The SMILES string of the molecule is CCCC1NC(=O)CCN(Cc2cccc(F)c2Br)C1=O. The van der Waals surface area contributed by atoms with Crippen molar-refractivity contribution < 1.29 is 14.0 Å². The van der Waals surface area contributed by atoms with Gasteiger partial charge in [0.1, 0.15) is 11.9 Å². The second kappa shape index (κ2) is 7.02. The van der Waals surface area contributed by atoms with E-state index < -0.39 is 6.04 Å². The summed E-state index contributed by atoms with van der Waals surface area (Å²) in [6.07, 6.45) is 1.71. The topological polar surface area (TPSA) is 49.4 Å². The molecule has 1 aromatic rings. The van der Waals surface area contributed by atoms with Crippen molar-refractivity contribution in [3.05, 3.63) is 34.1 Å². The molecule has 2 amide bonds. The molecule has 1 saturated heterocycles. The Hall–Kier alpha value is -1.43. The van der Waals surface area contributed by atoms with E-state index in [1.807, 2.05) is 6.92 Å². The first-order valence-corrected chi connectivity index (χ1v) is 7.83. The minimum absolute atomic E-state index is 0.0983. The van der Waals surface area contributed by atoms with Crippen LogP contribution in [-0.2, 0) is 16.1 Å². The van der Waals surface area contributed by atoms with Gasteiger partial charge in [-0.25, -0.2) is 4.39 Å². The molecule has 1 aromatic carbocycles. The van der Waals surface area contributed by atoms with E-state index in [9.17, 15) is 14.0 Å². The monoisotopic (exact) mass is 356 g/mol. The first kappa shape index (κ1) is 15.9. The molecular weight excluding hydrogens is 339 g/mol. The third-order valence-electron chi connectivity index (χ3n) is 3.52. The van der Waals surface area contributed by atoms with E-state index in [1.54, 1.807) is 17.0 Å². The van der Waals surface area contributed by atoms with Crippen molar-refractivity contribution in [1.29, 1.82) is 0 Å². The van der Waals surface area contributed by atoms with Crippen LogP contribution in [0.15, 0.2) is 22.7 Å². The van der Waals surface area contributed by atoms with Gasteiger partial charge in [0, 0.05) is 19.5 Å². The van der Waals surface area contributed by atoms with Gasteiger partial charge in [0.2, 0.25) is 11.8 Å². The van der Waals surface area contributed by atoms with Crippen molar-refractivity contribution in [2.45, 2.75) is 38.8 Å². The lowest BCUT2D eigenvalue weighted by molar-refractivity contribution is -0.134. The molecule has 1 unspecified atom stereocenters. The highest BCUT2D eigenvalue weighted by molar-refractivity contribution is 9.10. The Morgan fingerprint density at radius 3 is 2.90 bits per heavy atom. The van der Waals surface area contributed by atoms with Gasteiger partial charge in [-0.1, -0.05) is 25.5 Å². The number of hydrogen-bond donors (Lipinski definition) is 1. The van der Waals surface area contributed by atoms with Gasteiger partial charge in [-0.2, -0.15) is 0 Å². The Morgan fingerprint density at radius 1 is 1.43 bits per heavy atom.